The van der Waals surface area contributed by atoms with Gasteiger partial charge in [0.1, 0.15) is 10.6 Å². The predicted molar refractivity (Wildman–Crippen MR) is 118 cm³/mol. The molecule has 1 atom stereocenters. The molecule has 0 aliphatic heterocycles. The van der Waals surface area contributed by atoms with E-state index in [1.165, 1.54) is 7.11 Å². The Morgan fingerprint density at radius 3 is 2.34 bits per heavy atom. The number of sulfonamides is 1. The molecule has 0 saturated heterocycles. The van der Waals surface area contributed by atoms with Crippen LogP contribution in [0.2, 0.25) is 0 Å². The van der Waals surface area contributed by atoms with Gasteiger partial charge in [0.15, 0.2) is 0 Å². The van der Waals surface area contributed by atoms with Crippen LogP contribution in [-0.2, 0) is 10.0 Å². The molecule has 0 aliphatic rings. The number of hydrogen-bond acceptors (Lipinski definition) is 4. The van der Waals surface area contributed by atoms with Crippen LogP contribution in [0.3, 0.4) is 0 Å². The topological polar surface area (TPSA) is 58.6 Å². The van der Waals surface area contributed by atoms with Crippen molar-refractivity contribution >= 4 is 20.8 Å². The zero-order chi connectivity index (χ0) is 21.2. The molecule has 6 heteroatoms. The second-order valence-electron chi connectivity index (χ2n) is 7.49. The second-order valence-corrected chi connectivity index (χ2v) is 9.22. The molecular formula is C23H28N2O3S. The summed E-state index contributed by atoms with van der Waals surface area (Å²) in [6.07, 6.45) is 0. The predicted octanol–water partition coefficient (Wildman–Crippen LogP) is 4.05. The lowest BCUT2D eigenvalue weighted by molar-refractivity contribution is 0.301. The first-order valence-electron chi connectivity index (χ1n) is 9.53. The van der Waals surface area contributed by atoms with Crippen molar-refractivity contribution in [2.45, 2.75) is 24.8 Å². The van der Waals surface area contributed by atoms with Gasteiger partial charge in [0.05, 0.1) is 7.11 Å². The molecule has 154 valence electrons. The van der Waals surface area contributed by atoms with Gasteiger partial charge >= 0.3 is 0 Å². The number of nitrogens with zero attached hydrogens (tertiary/aromatic N) is 1. The third-order valence-electron chi connectivity index (χ3n) is 5.34. The zero-order valence-corrected chi connectivity index (χ0v) is 18.4. The first-order chi connectivity index (χ1) is 13.7. The van der Waals surface area contributed by atoms with Crippen LogP contribution in [0.5, 0.6) is 5.75 Å². The van der Waals surface area contributed by atoms with Crippen LogP contribution < -0.4 is 9.46 Å². The normalized spacial score (nSPS) is 13.0. The number of benzene rings is 3. The van der Waals surface area contributed by atoms with Crippen LogP contribution in [0.4, 0.5) is 0 Å². The van der Waals surface area contributed by atoms with E-state index in [0.29, 0.717) is 5.75 Å². The Bertz CT molecular complexity index is 1120. The van der Waals surface area contributed by atoms with Crippen molar-refractivity contribution in [1.82, 2.24) is 9.62 Å². The molecule has 0 fully saturated rings. The summed E-state index contributed by atoms with van der Waals surface area (Å²) in [6, 6.07) is 17.6. The highest BCUT2D eigenvalue weighted by Gasteiger charge is 2.24. The molecule has 0 saturated carbocycles. The fourth-order valence-electron chi connectivity index (χ4n) is 3.51. The summed E-state index contributed by atoms with van der Waals surface area (Å²) in [5.41, 5.74) is 2.98. The Morgan fingerprint density at radius 1 is 1.00 bits per heavy atom. The molecule has 0 heterocycles. The summed E-state index contributed by atoms with van der Waals surface area (Å²) < 4.78 is 34.3. The van der Waals surface area contributed by atoms with E-state index in [9.17, 15) is 8.42 Å². The smallest absolute Gasteiger partial charge is 0.244 e. The van der Waals surface area contributed by atoms with Crippen LogP contribution in [-0.4, -0.2) is 41.1 Å². The van der Waals surface area contributed by atoms with E-state index in [1.807, 2.05) is 51.0 Å². The fraction of sp³-hybridized carbons (Fsp3) is 0.304. The average Bonchev–Trinajstić information content (AvgIpc) is 2.69. The van der Waals surface area contributed by atoms with Gasteiger partial charge in [-0.15, -0.1) is 0 Å². The van der Waals surface area contributed by atoms with Crippen LogP contribution in [0.1, 0.15) is 22.7 Å². The number of fused-ring (bicyclic) bond motifs is 1. The molecular weight excluding hydrogens is 384 g/mol. The van der Waals surface area contributed by atoms with Crippen LogP contribution in [0, 0.1) is 13.8 Å². The van der Waals surface area contributed by atoms with Crippen LogP contribution in [0.15, 0.2) is 59.5 Å². The quantitative estimate of drug-likeness (QED) is 0.636. The molecule has 0 amide bonds. The second kappa shape index (κ2) is 8.53. The largest absolute Gasteiger partial charge is 0.495 e. The van der Waals surface area contributed by atoms with Gasteiger partial charge in [0.25, 0.3) is 0 Å². The highest BCUT2D eigenvalue weighted by molar-refractivity contribution is 7.89. The lowest BCUT2D eigenvalue weighted by atomic mass is 9.98. The van der Waals surface area contributed by atoms with Crippen molar-refractivity contribution in [2.75, 3.05) is 27.7 Å². The lowest BCUT2D eigenvalue weighted by Gasteiger charge is -2.26. The Balaban J connectivity index is 1.94. The molecule has 5 nitrogen and oxygen atoms in total. The average molecular weight is 413 g/mol. The van der Waals surface area contributed by atoms with Gasteiger partial charge in [-0.1, -0.05) is 42.5 Å². The Kier molecular flexibility index (Phi) is 6.27. The summed E-state index contributed by atoms with van der Waals surface area (Å²) in [5, 5.41) is 2.26. The minimum Gasteiger partial charge on any atom is -0.495 e. The van der Waals surface area contributed by atoms with E-state index < -0.39 is 10.0 Å². The lowest BCUT2D eigenvalue weighted by Crippen LogP contribution is -2.34. The van der Waals surface area contributed by atoms with Gasteiger partial charge in [0, 0.05) is 12.6 Å². The van der Waals surface area contributed by atoms with E-state index in [1.54, 1.807) is 12.1 Å². The summed E-state index contributed by atoms with van der Waals surface area (Å²) in [7, 11) is 1.67. The van der Waals surface area contributed by atoms with Gasteiger partial charge in [-0.25, -0.2) is 13.1 Å². The van der Waals surface area contributed by atoms with Crippen molar-refractivity contribution in [2.24, 2.45) is 0 Å². The highest BCUT2D eigenvalue weighted by atomic mass is 32.2. The first-order valence-corrected chi connectivity index (χ1v) is 11.0. The molecule has 0 aromatic heterocycles. The fourth-order valence-corrected chi connectivity index (χ4v) is 4.78. The molecule has 0 bridgehead atoms. The molecule has 0 radical (unpaired) electrons. The van der Waals surface area contributed by atoms with Gasteiger partial charge < -0.3 is 9.64 Å². The van der Waals surface area contributed by atoms with Gasteiger partial charge in [0.2, 0.25) is 10.0 Å². The third kappa shape index (κ3) is 4.45. The number of methoxy groups -OCH3 is 1. The maximum atomic E-state index is 13.1. The van der Waals surface area contributed by atoms with Gasteiger partial charge in [-0.3, -0.25) is 0 Å². The summed E-state index contributed by atoms with van der Waals surface area (Å²) in [5.74, 6) is 0.354. The van der Waals surface area contributed by atoms with Crippen molar-refractivity contribution < 1.29 is 13.2 Å². The van der Waals surface area contributed by atoms with Crippen molar-refractivity contribution in [3.63, 3.8) is 0 Å². The van der Waals surface area contributed by atoms with Crippen molar-refractivity contribution in [1.29, 1.82) is 0 Å². The van der Waals surface area contributed by atoms with E-state index >= 15 is 0 Å². The monoisotopic (exact) mass is 412 g/mol. The zero-order valence-electron chi connectivity index (χ0n) is 17.6. The maximum absolute atomic E-state index is 13.1. The molecule has 1 N–H and O–H groups in total. The number of likely N-dealkylation sites (N-methyl/N-ethyl adjacent to an activating group) is 1. The summed E-state index contributed by atoms with van der Waals surface area (Å²) in [6.45, 7) is 4.08. The molecule has 29 heavy (non-hydrogen) atoms. The van der Waals surface area contributed by atoms with Gasteiger partial charge in [-0.05, 0) is 67.5 Å². The Labute approximate surface area is 173 Å². The first kappa shape index (κ1) is 21.3. The molecule has 0 spiro atoms. The molecule has 3 aromatic carbocycles. The number of rotatable bonds is 7. The Hall–Kier alpha value is -2.41. The molecule has 0 unspecified atom stereocenters. The number of nitrogens with one attached hydrogen (secondary N) is 1. The van der Waals surface area contributed by atoms with E-state index in [4.69, 9.17) is 4.74 Å². The van der Waals surface area contributed by atoms with E-state index in [0.717, 1.165) is 27.5 Å². The molecule has 3 rings (SSSR count). The minimum atomic E-state index is -3.73. The van der Waals surface area contributed by atoms with Gasteiger partial charge in [-0.2, -0.15) is 0 Å². The maximum Gasteiger partial charge on any atom is 0.244 e. The van der Waals surface area contributed by atoms with E-state index in [-0.39, 0.29) is 17.5 Å². The van der Waals surface area contributed by atoms with Crippen LogP contribution in [0.25, 0.3) is 10.8 Å². The number of aryl methyl sites for hydroxylation is 2. The molecule has 0 aliphatic carbocycles. The van der Waals surface area contributed by atoms with Crippen molar-refractivity contribution in [3.05, 3.63) is 71.3 Å². The minimum absolute atomic E-state index is 0.117. The SMILES string of the molecule is COc1cc(C)c(C)cc1S(=O)(=O)NC[C@H](c1cccc2ccccc12)N(C)C. The Morgan fingerprint density at radius 2 is 1.66 bits per heavy atom. The molecule has 3 aromatic rings. The number of hydrogen-bond donors (Lipinski definition) is 1. The third-order valence-corrected chi connectivity index (χ3v) is 6.79. The standard InChI is InChI=1S/C23H28N2O3S/c1-16-13-22(28-5)23(14-17(16)2)29(26,27)24-15-21(25(3)4)20-12-8-10-18-9-6-7-11-19(18)20/h6-14,21,24H,15H2,1-5H3/t21-/m1/s1. The van der Waals surface area contributed by atoms with Crippen molar-refractivity contribution in [3.8, 4) is 5.75 Å². The highest BCUT2D eigenvalue weighted by Crippen LogP contribution is 2.29. The van der Waals surface area contributed by atoms with E-state index in [2.05, 4.69) is 29.0 Å². The summed E-state index contributed by atoms with van der Waals surface area (Å²) in [4.78, 5) is 2.19. The van der Waals surface area contributed by atoms with Crippen LogP contribution >= 0.6 is 0 Å². The summed E-state index contributed by atoms with van der Waals surface area (Å²) >= 11 is 0. The number of ether oxygens (including phenoxy) is 1.